The summed E-state index contributed by atoms with van der Waals surface area (Å²) in [6.07, 6.45) is 5.46. The van der Waals surface area contributed by atoms with Gasteiger partial charge in [0, 0.05) is 18.3 Å². The minimum atomic E-state index is -0.863. The zero-order chi connectivity index (χ0) is 17.5. The van der Waals surface area contributed by atoms with Crippen LogP contribution in [0.4, 0.5) is 11.4 Å². The molecule has 2 N–H and O–H groups in total. The standard InChI is InChI=1S/C18H22N2O4/c1-12(24-17(22)11-14-5-3-4-6-14)18(23)20-16-9-7-15(8-10-16)19-13(2)21/h3,5,7-10,12,14H,4,6,11H2,1-2H3,(H,19,21)(H,20,23)/t12-,14-/m1/s1. The molecule has 6 heteroatoms. The van der Waals surface area contributed by atoms with Crippen molar-refractivity contribution < 1.29 is 19.1 Å². The molecule has 0 fully saturated rings. The summed E-state index contributed by atoms with van der Waals surface area (Å²) >= 11 is 0. The Morgan fingerprint density at radius 1 is 1.17 bits per heavy atom. The molecule has 0 radical (unpaired) electrons. The molecule has 1 aliphatic rings. The number of nitrogens with one attached hydrogen (secondary N) is 2. The Morgan fingerprint density at radius 2 is 1.79 bits per heavy atom. The zero-order valence-electron chi connectivity index (χ0n) is 13.9. The van der Waals surface area contributed by atoms with Gasteiger partial charge in [-0.15, -0.1) is 0 Å². The highest BCUT2D eigenvalue weighted by atomic mass is 16.5. The predicted octanol–water partition coefficient (Wildman–Crippen LogP) is 2.87. The van der Waals surface area contributed by atoms with Crippen molar-refractivity contribution in [3.05, 3.63) is 36.4 Å². The van der Waals surface area contributed by atoms with Crippen LogP contribution in [-0.4, -0.2) is 23.9 Å². The smallest absolute Gasteiger partial charge is 0.307 e. The lowest BCUT2D eigenvalue weighted by Gasteiger charge is -2.15. The lowest BCUT2D eigenvalue weighted by atomic mass is 10.1. The van der Waals surface area contributed by atoms with Gasteiger partial charge in [-0.05, 0) is 49.9 Å². The zero-order valence-corrected chi connectivity index (χ0v) is 13.9. The van der Waals surface area contributed by atoms with Crippen LogP contribution >= 0.6 is 0 Å². The number of amides is 2. The van der Waals surface area contributed by atoms with Crippen LogP contribution in [0.25, 0.3) is 0 Å². The van der Waals surface area contributed by atoms with E-state index in [0.717, 1.165) is 12.8 Å². The minimum Gasteiger partial charge on any atom is -0.453 e. The number of carbonyl (C=O) groups is 3. The molecule has 0 saturated carbocycles. The van der Waals surface area contributed by atoms with Gasteiger partial charge in [-0.25, -0.2) is 0 Å². The Labute approximate surface area is 141 Å². The molecule has 0 spiro atoms. The summed E-state index contributed by atoms with van der Waals surface area (Å²) in [6.45, 7) is 2.97. The first kappa shape index (κ1) is 17.7. The molecule has 6 nitrogen and oxygen atoms in total. The maximum absolute atomic E-state index is 12.1. The molecule has 2 amide bonds. The summed E-state index contributed by atoms with van der Waals surface area (Å²) in [7, 11) is 0. The van der Waals surface area contributed by atoms with Crippen LogP contribution in [0.2, 0.25) is 0 Å². The van der Waals surface area contributed by atoms with E-state index in [1.807, 2.05) is 6.08 Å². The van der Waals surface area contributed by atoms with Crippen molar-refractivity contribution in [2.45, 2.75) is 39.2 Å². The van der Waals surface area contributed by atoms with E-state index in [9.17, 15) is 14.4 Å². The third-order valence-corrected chi connectivity index (χ3v) is 3.69. The highest BCUT2D eigenvalue weighted by molar-refractivity contribution is 5.95. The highest BCUT2D eigenvalue weighted by Crippen LogP contribution is 2.21. The van der Waals surface area contributed by atoms with Crippen LogP contribution in [-0.2, 0) is 19.1 Å². The maximum Gasteiger partial charge on any atom is 0.307 e. The van der Waals surface area contributed by atoms with Gasteiger partial charge < -0.3 is 15.4 Å². The Hall–Kier alpha value is -2.63. The third kappa shape index (κ3) is 5.53. The second kappa shape index (κ2) is 8.29. The van der Waals surface area contributed by atoms with Crippen molar-refractivity contribution >= 4 is 29.2 Å². The van der Waals surface area contributed by atoms with E-state index in [1.54, 1.807) is 31.2 Å². The van der Waals surface area contributed by atoms with Crippen LogP contribution in [0.3, 0.4) is 0 Å². The Kier molecular flexibility index (Phi) is 6.12. The number of hydrogen-bond donors (Lipinski definition) is 2. The molecular formula is C18H22N2O4. The minimum absolute atomic E-state index is 0.163. The molecule has 0 aromatic heterocycles. The van der Waals surface area contributed by atoms with E-state index in [1.165, 1.54) is 6.92 Å². The molecule has 1 aromatic carbocycles. The lowest BCUT2D eigenvalue weighted by Crippen LogP contribution is -2.30. The molecule has 128 valence electrons. The van der Waals surface area contributed by atoms with E-state index < -0.39 is 12.0 Å². The van der Waals surface area contributed by atoms with Gasteiger partial charge in [0.1, 0.15) is 0 Å². The number of anilines is 2. The molecule has 2 rings (SSSR count). The largest absolute Gasteiger partial charge is 0.453 e. The maximum atomic E-state index is 12.1. The first-order valence-electron chi connectivity index (χ1n) is 7.98. The fourth-order valence-corrected chi connectivity index (χ4v) is 2.46. The average molecular weight is 330 g/mol. The number of rotatable bonds is 6. The van der Waals surface area contributed by atoms with Crippen LogP contribution in [0.1, 0.15) is 33.1 Å². The summed E-state index contributed by atoms with van der Waals surface area (Å²) in [6, 6.07) is 6.70. The number of esters is 1. The Morgan fingerprint density at radius 3 is 2.33 bits per heavy atom. The van der Waals surface area contributed by atoms with E-state index in [0.29, 0.717) is 17.8 Å². The normalized spacial score (nSPS) is 17.2. The molecule has 1 aliphatic carbocycles. The van der Waals surface area contributed by atoms with Gasteiger partial charge in [-0.3, -0.25) is 14.4 Å². The predicted molar refractivity (Wildman–Crippen MR) is 91.4 cm³/mol. The summed E-state index contributed by atoms with van der Waals surface area (Å²) in [5, 5.41) is 5.32. The van der Waals surface area contributed by atoms with Gasteiger partial charge in [0.15, 0.2) is 6.10 Å². The summed E-state index contributed by atoms with van der Waals surface area (Å²) in [5.74, 6) is -0.702. The second-order valence-corrected chi connectivity index (χ2v) is 5.85. The highest BCUT2D eigenvalue weighted by Gasteiger charge is 2.21. The summed E-state index contributed by atoms with van der Waals surface area (Å²) in [4.78, 5) is 34.9. The molecule has 2 atom stereocenters. The monoisotopic (exact) mass is 330 g/mol. The second-order valence-electron chi connectivity index (χ2n) is 5.85. The molecule has 24 heavy (non-hydrogen) atoms. The van der Waals surface area contributed by atoms with Crippen molar-refractivity contribution in [2.24, 2.45) is 5.92 Å². The van der Waals surface area contributed by atoms with Gasteiger partial charge in [0.25, 0.3) is 5.91 Å². The number of hydrogen-bond acceptors (Lipinski definition) is 4. The third-order valence-electron chi connectivity index (χ3n) is 3.69. The molecule has 0 heterocycles. The van der Waals surface area contributed by atoms with Crippen molar-refractivity contribution in [1.82, 2.24) is 0 Å². The molecule has 1 aromatic rings. The number of benzene rings is 1. The van der Waals surface area contributed by atoms with E-state index in [-0.39, 0.29) is 17.8 Å². The topological polar surface area (TPSA) is 84.5 Å². The van der Waals surface area contributed by atoms with Gasteiger partial charge in [0.05, 0.1) is 6.42 Å². The summed E-state index contributed by atoms with van der Waals surface area (Å²) in [5.41, 5.74) is 1.21. The lowest BCUT2D eigenvalue weighted by molar-refractivity contribution is -0.153. The number of allylic oxidation sites excluding steroid dienone is 2. The van der Waals surface area contributed by atoms with Crippen LogP contribution < -0.4 is 10.6 Å². The van der Waals surface area contributed by atoms with Crippen molar-refractivity contribution in [2.75, 3.05) is 10.6 Å². The fourth-order valence-electron chi connectivity index (χ4n) is 2.46. The van der Waals surface area contributed by atoms with Gasteiger partial charge >= 0.3 is 5.97 Å². The average Bonchev–Trinajstić information content (AvgIpc) is 3.01. The Bertz CT molecular complexity index is 637. The van der Waals surface area contributed by atoms with E-state index >= 15 is 0 Å². The molecular weight excluding hydrogens is 308 g/mol. The summed E-state index contributed by atoms with van der Waals surface area (Å²) < 4.78 is 5.18. The first-order valence-corrected chi connectivity index (χ1v) is 7.98. The Balaban J connectivity index is 1.81. The molecule has 0 bridgehead atoms. The van der Waals surface area contributed by atoms with E-state index in [4.69, 9.17) is 4.74 Å². The quantitative estimate of drug-likeness (QED) is 0.620. The van der Waals surface area contributed by atoms with Crippen molar-refractivity contribution in [3.63, 3.8) is 0 Å². The number of ether oxygens (including phenoxy) is 1. The van der Waals surface area contributed by atoms with Gasteiger partial charge in [-0.1, -0.05) is 12.2 Å². The van der Waals surface area contributed by atoms with E-state index in [2.05, 4.69) is 16.7 Å². The molecule has 0 aliphatic heterocycles. The fraction of sp³-hybridized carbons (Fsp3) is 0.389. The van der Waals surface area contributed by atoms with Crippen LogP contribution in [0, 0.1) is 5.92 Å². The molecule has 0 saturated heterocycles. The number of carbonyl (C=O) groups excluding carboxylic acids is 3. The SMILES string of the molecule is CC(=O)Nc1ccc(NC(=O)[C@@H](C)OC(=O)C[C@@H]2C=CCC2)cc1. The van der Waals surface area contributed by atoms with Crippen LogP contribution in [0.15, 0.2) is 36.4 Å². The van der Waals surface area contributed by atoms with Crippen molar-refractivity contribution in [3.8, 4) is 0 Å². The molecule has 0 unspecified atom stereocenters. The van der Waals surface area contributed by atoms with Crippen LogP contribution in [0.5, 0.6) is 0 Å². The van der Waals surface area contributed by atoms with Crippen molar-refractivity contribution in [1.29, 1.82) is 0 Å². The first-order chi connectivity index (χ1) is 11.4. The van der Waals surface area contributed by atoms with Gasteiger partial charge in [-0.2, -0.15) is 0 Å². The van der Waals surface area contributed by atoms with Gasteiger partial charge in [0.2, 0.25) is 5.91 Å².